The number of fused-ring (bicyclic) bond motifs is 1. The van der Waals surface area contributed by atoms with Gasteiger partial charge in [0.25, 0.3) is 0 Å². The Labute approximate surface area is 143 Å². The summed E-state index contributed by atoms with van der Waals surface area (Å²) >= 11 is 1.74. The maximum Gasteiger partial charge on any atom is 0.227 e. The van der Waals surface area contributed by atoms with Crippen LogP contribution < -0.4 is 10.1 Å². The zero-order valence-electron chi connectivity index (χ0n) is 13.1. The van der Waals surface area contributed by atoms with Gasteiger partial charge in [-0.2, -0.15) is 0 Å². The molecule has 4 nitrogen and oxygen atoms in total. The van der Waals surface area contributed by atoms with Crippen molar-refractivity contribution in [1.82, 2.24) is 9.97 Å². The largest absolute Gasteiger partial charge is 0.497 e. The lowest BCUT2D eigenvalue weighted by molar-refractivity contribution is 0.415. The number of methoxy groups -OCH3 is 1. The van der Waals surface area contributed by atoms with Crippen molar-refractivity contribution in [2.45, 2.75) is 0 Å². The van der Waals surface area contributed by atoms with E-state index in [1.807, 2.05) is 30.3 Å². The Morgan fingerprint density at radius 1 is 1.00 bits per heavy atom. The molecule has 0 radical (unpaired) electrons. The fraction of sp³-hybridized carbons (Fsp3) is 0.0526. The number of hydrogen-bond donors (Lipinski definition) is 1. The molecule has 0 saturated heterocycles. The van der Waals surface area contributed by atoms with Crippen LogP contribution in [-0.2, 0) is 0 Å². The van der Waals surface area contributed by atoms with Crippen LogP contribution in [0.3, 0.4) is 0 Å². The summed E-state index contributed by atoms with van der Waals surface area (Å²) in [5.74, 6) is 1.40. The van der Waals surface area contributed by atoms with Gasteiger partial charge >= 0.3 is 0 Å². The van der Waals surface area contributed by atoms with Crippen molar-refractivity contribution in [1.29, 1.82) is 0 Å². The minimum Gasteiger partial charge on any atom is -0.497 e. The van der Waals surface area contributed by atoms with Gasteiger partial charge in [0.2, 0.25) is 5.95 Å². The van der Waals surface area contributed by atoms with Crippen LogP contribution >= 0.6 is 11.3 Å². The summed E-state index contributed by atoms with van der Waals surface area (Å²) in [4.78, 5) is 10.1. The van der Waals surface area contributed by atoms with Crippen LogP contribution in [0.2, 0.25) is 0 Å². The van der Waals surface area contributed by atoms with E-state index in [2.05, 4.69) is 45.6 Å². The maximum absolute atomic E-state index is 5.17. The van der Waals surface area contributed by atoms with Gasteiger partial charge in [-0.05, 0) is 47.9 Å². The predicted octanol–water partition coefficient (Wildman–Crippen LogP) is 5.11. The van der Waals surface area contributed by atoms with E-state index in [0.717, 1.165) is 22.0 Å². The van der Waals surface area contributed by atoms with Crippen LogP contribution in [0.4, 0.5) is 11.6 Å². The topological polar surface area (TPSA) is 47.0 Å². The number of ether oxygens (including phenoxy) is 1. The van der Waals surface area contributed by atoms with Crippen LogP contribution in [0.1, 0.15) is 0 Å². The zero-order chi connectivity index (χ0) is 16.4. The first kappa shape index (κ1) is 14.7. The number of hydrogen-bond acceptors (Lipinski definition) is 5. The Bertz CT molecular complexity index is 946. The van der Waals surface area contributed by atoms with E-state index in [-0.39, 0.29) is 0 Å². The Balaban J connectivity index is 1.62. The van der Waals surface area contributed by atoms with E-state index in [1.165, 1.54) is 10.1 Å². The molecule has 0 saturated carbocycles. The molecular weight excluding hydrogens is 318 g/mol. The Kier molecular flexibility index (Phi) is 3.84. The molecule has 24 heavy (non-hydrogen) atoms. The highest BCUT2D eigenvalue weighted by Crippen LogP contribution is 2.32. The van der Waals surface area contributed by atoms with Crippen LogP contribution in [0.25, 0.3) is 20.7 Å². The second-order valence-electron chi connectivity index (χ2n) is 5.27. The molecule has 0 aliphatic heterocycles. The summed E-state index contributed by atoms with van der Waals surface area (Å²) in [5, 5.41) is 4.46. The highest BCUT2D eigenvalue weighted by Gasteiger charge is 2.07. The fourth-order valence-corrected chi connectivity index (χ4v) is 3.50. The first-order valence-electron chi connectivity index (χ1n) is 7.55. The average Bonchev–Trinajstić information content (AvgIpc) is 3.07. The quantitative estimate of drug-likeness (QED) is 0.564. The van der Waals surface area contributed by atoms with Gasteiger partial charge < -0.3 is 10.1 Å². The number of benzene rings is 2. The lowest BCUT2D eigenvalue weighted by Gasteiger charge is -2.06. The van der Waals surface area contributed by atoms with E-state index < -0.39 is 0 Å². The number of aromatic nitrogens is 2. The van der Waals surface area contributed by atoms with E-state index in [9.17, 15) is 0 Å². The predicted molar refractivity (Wildman–Crippen MR) is 99.1 cm³/mol. The summed E-state index contributed by atoms with van der Waals surface area (Å²) < 4.78 is 6.43. The molecule has 4 aromatic rings. The van der Waals surface area contributed by atoms with Crippen LogP contribution in [-0.4, -0.2) is 17.1 Å². The van der Waals surface area contributed by atoms with Gasteiger partial charge in [0.1, 0.15) is 5.75 Å². The average molecular weight is 333 g/mol. The van der Waals surface area contributed by atoms with E-state index >= 15 is 0 Å². The second-order valence-corrected chi connectivity index (χ2v) is 6.35. The number of thiophene rings is 1. The van der Waals surface area contributed by atoms with E-state index in [1.54, 1.807) is 24.6 Å². The van der Waals surface area contributed by atoms with Gasteiger partial charge in [-0.3, -0.25) is 0 Å². The molecule has 2 heterocycles. The Morgan fingerprint density at radius 3 is 2.62 bits per heavy atom. The number of rotatable bonds is 4. The third-order valence-corrected chi connectivity index (χ3v) is 4.82. The van der Waals surface area contributed by atoms with Crippen LogP contribution in [0.15, 0.2) is 66.9 Å². The molecule has 1 N–H and O–H groups in total. The first-order chi connectivity index (χ1) is 11.8. The van der Waals surface area contributed by atoms with Gasteiger partial charge in [0.15, 0.2) is 0 Å². The van der Waals surface area contributed by atoms with E-state index in [4.69, 9.17) is 4.74 Å². The highest BCUT2D eigenvalue weighted by atomic mass is 32.1. The summed E-state index contributed by atoms with van der Waals surface area (Å²) in [6, 6.07) is 20.1. The second kappa shape index (κ2) is 6.29. The Hall–Kier alpha value is -2.92. The van der Waals surface area contributed by atoms with Gasteiger partial charge in [0, 0.05) is 16.6 Å². The molecule has 0 spiro atoms. The summed E-state index contributed by atoms with van der Waals surface area (Å²) in [5.41, 5.74) is 1.84. The molecule has 0 unspecified atom stereocenters. The molecule has 0 bridgehead atoms. The monoisotopic (exact) mass is 333 g/mol. The van der Waals surface area contributed by atoms with Gasteiger partial charge in [-0.25, -0.2) is 9.97 Å². The maximum atomic E-state index is 5.17. The molecule has 118 valence electrons. The molecule has 5 heteroatoms. The van der Waals surface area contributed by atoms with E-state index in [0.29, 0.717) is 5.95 Å². The number of anilines is 2. The van der Waals surface area contributed by atoms with Crippen molar-refractivity contribution in [2.75, 3.05) is 12.4 Å². The highest BCUT2D eigenvalue weighted by molar-refractivity contribution is 7.22. The molecule has 2 aromatic heterocycles. The minimum atomic E-state index is 0.579. The third-order valence-electron chi connectivity index (χ3n) is 3.68. The van der Waals surface area contributed by atoms with Crippen molar-refractivity contribution in [3.8, 4) is 16.3 Å². The molecule has 4 rings (SSSR count). The lowest BCUT2D eigenvalue weighted by atomic mass is 10.2. The molecule has 0 atom stereocenters. The Morgan fingerprint density at radius 2 is 1.83 bits per heavy atom. The van der Waals surface area contributed by atoms with Crippen molar-refractivity contribution in [3.63, 3.8) is 0 Å². The summed E-state index contributed by atoms with van der Waals surface area (Å²) in [6.07, 6.45) is 1.78. The first-order valence-corrected chi connectivity index (χ1v) is 8.36. The minimum absolute atomic E-state index is 0.579. The standard InChI is InChI=1S/C19H15N3OS/c1-23-15-8-6-14(7-9-15)21-19-20-11-10-16(22-19)18-12-13-4-2-3-5-17(13)24-18/h2-12H,1H3,(H,20,21,22). The van der Waals surface area contributed by atoms with Crippen molar-refractivity contribution < 1.29 is 4.74 Å². The number of nitrogens with one attached hydrogen (secondary N) is 1. The zero-order valence-corrected chi connectivity index (χ0v) is 13.9. The van der Waals surface area contributed by atoms with Crippen LogP contribution in [0.5, 0.6) is 5.75 Å². The molecule has 0 amide bonds. The summed E-state index contributed by atoms with van der Waals surface area (Å²) in [7, 11) is 1.65. The fourth-order valence-electron chi connectivity index (χ4n) is 2.47. The van der Waals surface area contributed by atoms with Gasteiger partial charge in [-0.1, -0.05) is 18.2 Å². The molecule has 2 aromatic carbocycles. The van der Waals surface area contributed by atoms with Crippen molar-refractivity contribution in [3.05, 3.63) is 66.9 Å². The van der Waals surface area contributed by atoms with Crippen molar-refractivity contribution in [2.24, 2.45) is 0 Å². The molecule has 0 aliphatic carbocycles. The molecular formula is C19H15N3OS. The third kappa shape index (κ3) is 2.94. The van der Waals surface area contributed by atoms with Gasteiger partial charge in [0.05, 0.1) is 17.7 Å². The molecule has 0 aliphatic rings. The lowest BCUT2D eigenvalue weighted by Crippen LogP contribution is -1.97. The normalized spacial score (nSPS) is 10.7. The summed E-state index contributed by atoms with van der Waals surface area (Å²) in [6.45, 7) is 0. The van der Waals surface area contributed by atoms with Crippen molar-refractivity contribution >= 4 is 33.1 Å². The molecule has 0 fully saturated rings. The van der Waals surface area contributed by atoms with Gasteiger partial charge in [-0.15, -0.1) is 11.3 Å². The van der Waals surface area contributed by atoms with Crippen LogP contribution in [0, 0.1) is 0 Å². The number of nitrogens with zero attached hydrogens (tertiary/aromatic N) is 2. The smallest absolute Gasteiger partial charge is 0.227 e. The SMILES string of the molecule is COc1ccc(Nc2nccc(-c3cc4ccccc4s3)n2)cc1.